The third-order valence-electron chi connectivity index (χ3n) is 7.28. The number of rotatable bonds is 7. The number of ether oxygens (including phenoxy) is 1. The largest absolute Gasteiger partial charge is 0.489 e. The van der Waals surface area contributed by atoms with Crippen LogP contribution in [0.2, 0.25) is 5.02 Å². The molecule has 1 atom stereocenters. The van der Waals surface area contributed by atoms with Gasteiger partial charge in [0.1, 0.15) is 18.2 Å². The minimum absolute atomic E-state index is 0.0409. The highest BCUT2D eigenvalue weighted by Gasteiger charge is 2.45. The van der Waals surface area contributed by atoms with Crippen molar-refractivity contribution in [2.45, 2.75) is 31.1 Å². The molecule has 4 aromatic rings. The lowest BCUT2D eigenvalue weighted by Crippen LogP contribution is -2.12. The van der Waals surface area contributed by atoms with Crippen molar-refractivity contribution in [3.63, 3.8) is 0 Å². The first kappa shape index (κ1) is 25.0. The van der Waals surface area contributed by atoms with Crippen LogP contribution in [0.15, 0.2) is 66.7 Å². The molecule has 1 aromatic heterocycles. The van der Waals surface area contributed by atoms with Gasteiger partial charge in [0.05, 0.1) is 27.9 Å². The number of carbonyl (C=O) groups is 1. The van der Waals surface area contributed by atoms with E-state index in [4.69, 9.17) is 16.3 Å². The van der Waals surface area contributed by atoms with Crippen molar-refractivity contribution in [1.82, 2.24) is 4.98 Å². The number of hydrogen-bond donors (Lipinski definition) is 1. The van der Waals surface area contributed by atoms with Crippen LogP contribution in [-0.2, 0) is 11.4 Å². The van der Waals surface area contributed by atoms with Crippen molar-refractivity contribution in [3.05, 3.63) is 106 Å². The quantitative estimate of drug-likeness (QED) is 0.254. The van der Waals surface area contributed by atoms with Crippen molar-refractivity contribution in [3.8, 4) is 5.75 Å². The number of thioether (sulfide) groups is 1. The number of hydrogen-bond acceptors (Lipinski definition) is 4. The lowest BCUT2D eigenvalue weighted by molar-refractivity contribution is -0.138. The average molecular weight is 546 g/mol. The number of fused-ring (bicyclic) bond motifs is 3. The van der Waals surface area contributed by atoms with Gasteiger partial charge in [-0.25, -0.2) is 9.37 Å². The van der Waals surface area contributed by atoms with Crippen LogP contribution in [0.5, 0.6) is 5.75 Å². The molecule has 192 valence electrons. The summed E-state index contributed by atoms with van der Waals surface area (Å²) >= 11 is 7.76. The molecule has 1 unspecified atom stereocenters. The minimum atomic E-state index is -0.727. The second-order valence-electron chi connectivity index (χ2n) is 10.1. The molecule has 1 aliphatic carbocycles. The van der Waals surface area contributed by atoms with E-state index in [1.165, 1.54) is 11.6 Å². The number of carboxylic acid groups (broad SMARTS) is 1. The smallest absolute Gasteiger partial charge is 0.303 e. The Hall–Kier alpha value is -3.35. The molecule has 2 heterocycles. The van der Waals surface area contributed by atoms with Crippen molar-refractivity contribution in [2.24, 2.45) is 5.41 Å². The van der Waals surface area contributed by atoms with Crippen molar-refractivity contribution in [2.75, 3.05) is 5.75 Å². The molecule has 0 amide bonds. The van der Waals surface area contributed by atoms with Crippen LogP contribution in [-0.4, -0.2) is 21.8 Å². The SMILES string of the molecule is O=C(O)CC1(CSC2c3ccccc3COc3ccc(C=Cc4ccc5cc(F)c(Cl)cc5n4)cc32)CC1. The van der Waals surface area contributed by atoms with E-state index in [-0.39, 0.29) is 22.1 Å². The summed E-state index contributed by atoms with van der Waals surface area (Å²) in [5.41, 5.74) is 5.72. The maximum absolute atomic E-state index is 13.8. The Morgan fingerprint density at radius 3 is 2.76 bits per heavy atom. The van der Waals surface area contributed by atoms with Gasteiger partial charge in [-0.05, 0) is 71.4 Å². The molecule has 0 radical (unpaired) electrons. The molecule has 0 saturated heterocycles. The molecule has 7 heteroatoms. The summed E-state index contributed by atoms with van der Waals surface area (Å²) in [5, 5.41) is 10.2. The van der Waals surface area contributed by atoms with Gasteiger partial charge in [-0.1, -0.05) is 54.1 Å². The maximum Gasteiger partial charge on any atom is 0.303 e. The van der Waals surface area contributed by atoms with Gasteiger partial charge < -0.3 is 9.84 Å². The number of pyridine rings is 1. The summed E-state index contributed by atoms with van der Waals surface area (Å²) in [5.74, 6) is 0.456. The monoisotopic (exact) mass is 545 g/mol. The summed E-state index contributed by atoms with van der Waals surface area (Å²) < 4.78 is 20.0. The van der Waals surface area contributed by atoms with Crippen molar-refractivity contribution in [1.29, 1.82) is 0 Å². The Labute approximate surface area is 229 Å². The van der Waals surface area contributed by atoms with Gasteiger partial charge in [-0.15, -0.1) is 11.8 Å². The zero-order chi connectivity index (χ0) is 26.3. The molecule has 0 bridgehead atoms. The Morgan fingerprint density at radius 2 is 1.95 bits per heavy atom. The van der Waals surface area contributed by atoms with Gasteiger partial charge in [0.15, 0.2) is 0 Å². The summed E-state index contributed by atoms with van der Waals surface area (Å²) in [6.07, 6.45) is 6.08. The second-order valence-corrected chi connectivity index (χ2v) is 11.6. The Morgan fingerprint density at radius 1 is 1.11 bits per heavy atom. The number of halogens is 2. The second kappa shape index (κ2) is 10.1. The molecule has 1 saturated carbocycles. The number of carboxylic acids is 1. The molecule has 1 fully saturated rings. The molecule has 1 N–H and O–H groups in total. The van der Waals surface area contributed by atoms with Gasteiger partial charge in [-0.2, -0.15) is 0 Å². The molecule has 3 aromatic carbocycles. The lowest BCUT2D eigenvalue weighted by atomic mass is 9.98. The lowest BCUT2D eigenvalue weighted by Gasteiger charge is -2.22. The molecule has 38 heavy (non-hydrogen) atoms. The third-order valence-corrected chi connectivity index (χ3v) is 9.19. The summed E-state index contributed by atoms with van der Waals surface area (Å²) in [7, 11) is 0. The Kier molecular flexibility index (Phi) is 6.62. The first-order valence-corrected chi connectivity index (χ1v) is 13.9. The van der Waals surface area contributed by atoms with Gasteiger partial charge in [-0.3, -0.25) is 4.79 Å². The third kappa shape index (κ3) is 5.16. The van der Waals surface area contributed by atoms with Crippen LogP contribution in [0.1, 0.15) is 52.5 Å². The van der Waals surface area contributed by atoms with Crippen molar-refractivity contribution >= 4 is 52.4 Å². The molecule has 4 nitrogen and oxygen atoms in total. The molecule has 6 rings (SSSR count). The first-order chi connectivity index (χ1) is 18.4. The number of nitrogens with zero attached hydrogens (tertiary/aromatic N) is 1. The van der Waals surface area contributed by atoms with E-state index < -0.39 is 11.8 Å². The average Bonchev–Trinajstić information content (AvgIpc) is 3.68. The Balaban J connectivity index is 1.31. The van der Waals surface area contributed by atoms with E-state index in [9.17, 15) is 14.3 Å². The fraction of sp³-hybridized carbons (Fsp3) is 0.226. The highest BCUT2D eigenvalue weighted by atomic mass is 35.5. The molecule has 1 aliphatic heterocycles. The summed E-state index contributed by atoms with van der Waals surface area (Å²) in [6, 6.07) is 21.1. The molecular weight excluding hydrogens is 521 g/mol. The van der Waals surface area contributed by atoms with Gasteiger partial charge in [0, 0.05) is 16.7 Å². The minimum Gasteiger partial charge on any atom is -0.489 e. The van der Waals surface area contributed by atoms with Crippen LogP contribution in [0.25, 0.3) is 23.1 Å². The van der Waals surface area contributed by atoms with E-state index in [2.05, 4.69) is 29.2 Å². The maximum atomic E-state index is 13.8. The van der Waals surface area contributed by atoms with E-state index in [1.807, 2.05) is 54.2 Å². The predicted octanol–water partition coefficient (Wildman–Crippen LogP) is 8.17. The Bertz CT molecular complexity index is 1580. The topological polar surface area (TPSA) is 59.4 Å². The fourth-order valence-corrected chi connectivity index (χ4v) is 6.81. The zero-order valence-electron chi connectivity index (χ0n) is 20.5. The van der Waals surface area contributed by atoms with Crippen LogP contribution in [0.4, 0.5) is 4.39 Å². The van der Waals surface area contributed by atoms with E-state index in [0.29, 0.717) is 17.5 Å². The zero-order valence-corrected chi connectivity index (χ0v) is 22.1. The van der Waals surface area contributed by atoms with Crippen LogP contribution in [0.3, 0.4) is 0 Å². The van der Waals surface area contributed by atoms with Crippen LogP contribution < -0.4 is 4.74 Å². The van der Waals surface area contributed by atoms with Gasteiger partial charge in [0.25, 0.3) is 0 Å². The normalized spacial score (nSPS) is 17.5. The predicted molar refractivity (Wildman–Crippen MR) is 151 cm³/mol. The number of aromatic nitrogens is 1. The van der Waals surface area contributed by atoms with E-state index >= 15 is 0 Å². The van der Waals surface area contributed by atoms with Crippen LogP contribution >= 0.6 is 23.4 Å². The van der Waals surface area contributed by atoms with E-state index in [1.54, 1.807) is 6.07 Å². The highest BCUT2D eigenvalue weighted by molar-refractivity contribution is 7.99. The van der Waals surface area contributed by atoms with Crippen molar-refractivity contribution < 1.29 is 19.0 Å². The highest BCUT2D eigenvalue weighted by Crippen LogP contribution is 2.55. The number of aliphatic carboxylic acids is 1. The van der Waals surface area contributed by atoms with Gasteiger partial charge in [0.2, 0.25) is 0 Å². The molecular formula is C31H25ClFNO3S. The number of benzene rings is 3. The molecule has 0 spiro atoms. The van der Waals surface area contributed by atoms with Gasteiger partial charge >= 0.3 is 5.97 Å². The standard InChI is InChI=1S/C31H25ClFNO3S/c32-25-15-27-20(14-26(25)33)7-9-22(34-27)8-5-19-6-10-28-24(13-19)30(23-4-2-1-3-21(23)17-37-28)38-18-31(11-12-31)16-29(35)36/h1-10,13-15,30H,11-12,16-18H2,(H,35,36). The fourth-order valence-electron chi connectivity index (χ4n) is 4.97. The first-order valence-electron chi connectivity index (χ1n) is 12.5. The summed E-state index contributed by atoms with van der Waals surface area (Å²) in [4.78, 5) is 16.0. The molecule has 2 aliphatic rings. The summed E-state index contributed by atoms with van der Waals surface area (Å²) in [6.45, 7) is 0.500. The van der Waals surface area contributed by atoms with E-state index in [0.717, 1.165) is 46.7 Å². The van der Waals surface area contributed by atoms with Crippen LogP contribution in [0, 0.1) is 11.2 Å².